The van der Waals surface area contributed by atoms with Crippen LogP contribution in [-0.4, -0.2) is 41.6 Å². The minimum atomic E-state index is 0.249. The molecule has 2 rings (SSSR count). The van der Waals surface area contributed by atoms with Gasteiger partial charge in [0.05, 0.1) is 5.69 Å². The van der Waals surface area contributed by atoms with E-state index in [9.17, 15) is 0 Å². The summed E-state index contributed by atoms with van der Waals surface area (Å²) in [6.07, 6.45) is 0. The van der Waals surface area contributed by atoms with Crippen LogP contribution in [0.15, 0.2) is 22.7 Å². The first-order chi connectivity index (χ1) is 9.29. The largest absolute Gasteiger partial charge is 0.389 e. The van der Waals surface area contributed by atoms with Crippen molar-refractivity contribution in [2.24, 2.45) is 5.73 Å². The highest BCUT2D eigenvalue weighted by Gasteiger charge is 2.26. The van der Waals surface area contributed by atoms with Gasteiger partial charge < -0.3 is 10.6 Å². The summed E-state index contributed by atoms with van der Waals surface area (Å²) < 4.78 is 1.06. The molecule has 0 aromatic heterocycles. The number of hydrogen-bond donors (Lipinski definition) is 1. The molecule has 1 aromatic rings. The molecule has 0 saturated carbocycles. The van der Waals surface area contributed by atoms with Gasteiger partial charge in [0.15, 0.2) is 0 Å². The van der Waals surface area contributed by atoms with E-state index >= 15 is 0 Å². The van der Waals surface area contributed by atoms with Crippen LogP contribution in [0, 0.1) is 0 Å². The number of thiocarbonyl (C=S) groups is 1. The molecule has 0 radical (unpaired) electrons. The van der Waals surface area contributed by atoms with Gasteiger partial charge in [0, 0.05) is 41.8 Å². The van der Waals surface area contributed by atoms with Gasteiger partial charge >= 0.3 is 0 Å². The predicted molar refractivity (Wildman–Crippen MR) is 93.6 cm³/mol. The molecule has 2 N–H and O–H groups in total. The average molecular weight is 356 g/mol. The van der Waals surface area contributed by atoms with E-state index in [0.717, 1.165) is 36.2 Å². The van der Waals surface area contributed by atoms with Crippen molar-refractivity contribution in [2.75, 3.05) is 31.1 Å². The fraction of sp³-hybridized carbons (Fsp3) is 0.533. The lowest BCUT2D eigenvalue weighted by atomic mass is 10.0. The van der Waals surface area contributed by atoms with Crippen LogP contribution in [0.3, 0.4) is 0 Å². The SMILES string of the molecule is CC(C)(C)N1CCN(c2ccc(C(N)=S)cc2Br)CC1. The predicted octanol–water partition coefficient (Wildman–Crippen LogP) is 3.00. The summed E-state index contributed by atoms with van der Waals surface area (Å²) in [4.78, 5) is 5.38. The molecular formula is C15H22BrN3S. The highest BCUT2D eigenvalue weighted by atomic mass is 79.9. The highest BCUT2D eigenvalue weighted by molar-refractivity contribution is 9.10. The molecule has 1 heterocycles. The molecule has 1 aliphatic heterocycles. The molecule has 0 aliphatic carbocycles. The Bertz CT molecular complexity index is 502. The Hall–Kier alpha value is -0.650. The van der Waals surface area contributed by atoms with Crippen LogP contribution in [0.25, 0.3) is 0 Å². The van der Waals surface area contributed by atoms with Crippen molar-refractivity contribution in [1.82, 2.24) is 4.90 Å². The Kier molecular flexibility index (Phi) is 4.72. The molecule has 5 heteroatoms. The number of nitrogens with two attached hydrogens (primary N) is 1. The fourth-order valence-corrected chi connectivity index (χ4v) is 3.29. The maximum atomic E-state index is 5.67. The van der Waals surface area contributed by atoms with Crippen LogP contribution in [-0.2, 0) is 0 Å². The molecular weight excluding hydrogens is 334 g/mol. The van der Waals surface area contributed by atoms with Gasteiger partial charge in [-0.2, -0.15) is 0 Å². The van der Waals surface area contributed by atoms with Crippen molar-refractivity contribution in [2.45, 2.75) is 26.3 Å². The van der Waals surface area contributed by atoms with Crippen LogP contribution in [0.5, 0.6) is 0 Å². The normalized spacial score (nSPS) is 17.3. The Labute approximate surface area is 135 Å². The summed E-state index contributed by atoms with van der Waals surface area (Å²) in [5.41, 5.74) is 8.04. The summed E-state index contributed by atoms with van der Waals surface area (Å²) in [6, 6.07) is 6.11. The molecule has 1 aliphatic rings. The Morgan fingerprint density at radius 3 is 2.25 bits per heavy atom. The molecule has 0 atom stereocenters. The third kappa shape index (κ3) is 3.51. The summed E-state index contributed by atoms with van der Waals surface area (Å²) in [6.45, 7) is 11.1. The number of halogens is 1. The van der Waals surface area contributed by atoms with Gasteiger partial charge in [-0.25, -0.2) is 0 Å². The van der Waals surface area contributed by atoms with E-state index in [4.69, 9.17) is 18.0 Å². The van der Waals surface area contributed by atoms with Crippen molar-refractivity contribution >= 4 is 38.8 Å². The smallest absolute Gasteiger partial charge is 0.104 e. The van der Waals surface area contributed by atoms with Crippen molar-refractivity contribution in [1.29, 1.82) is 0 Å². The molecule has 0 unspecified atom stereocenters. The fourth-order valence-electron chi connectivity index (χ4n) is 2.53. The molecule has 110 valence electrons. The lowest BCUT2D eigenvalue weighted by molar-refractivity contribution is 0.128. The zero-order valence-corrected chi connectivity index (χ0v) is 14.7. The molecule has 0 amide bonds. The van der Waals surface area contributed by atoms with E-state index in [1.165, 1.54) is 5.69 Å². The number of rotatable bonds is 2. The van der Waals surface area contributed by atoms with E-state index in [1.54, 1.807) is 0 Å². The molecule has 1 fully saturated rings. The quantitative estimate of drug-likeness (QED) is 0.826. The molecule has 1 saturated heterocycles. The van der Waals surface area contributed by atoms with Crippen LogP contribution >= 0.6 is 28.1 Å². The van der Waals surface area contributed by atoms with Gasteiger partial charge in [0.2, 0.25) is 0 Å². The topological polar surface area (TPSA) is 32.5 Å². The number of benzene rings is 1. The van der Waals surface area contributed by atoms with E-state index in [-0.39, 0.29) is 5.54 Å². The van der Waals surface area contributed by atoms with Gasteiger partial charge in [-0.05, 0) is 54.9 Å². The Morgan fingerprint density at radius 2 is 1.80 bits per heavy atom. The van der Waals surface area contributed by atoms with E-state index < -0.39 is 0 Å². The zero-order chi connectivity index (χ0) is 14.9. The van der Waals surface area contributed by atoms with Gasteiger partial charge in [-0.15, -0.1) is 0 Å². The first kappa shape index (κ1) is 15.7. The van der Waals surface area contributed by atoms with Crippen LogP contribution in [0.1, 0.15) is 26.3 Å². The van der Waals surface area contributed by atoms with Crippen molar-refractivity contribution in [3.63, 3.8) is 0 Å². The minimum Gasteiger partial charge on any atom is -0.389 e. The first-order valence-electron chi connectivity index (χ1n) is 6.88. The van der Waals surface area contributed by atoms with Crippen molar-refractivity contribution in [3.8, 4) is 0 Å². The first-order valence-corrected chi connectivity index (χ1v) is 8.08. The number of piperazine rings is 1. The van der Waals surface area contributed by atoms with Gasteiger partial charge in [0.25, 0.3) is 0 Å². The van der Waals surface area contributed by atoms with Gasteiger partial charge in [0.1, 0.15) is 4.99 Å². The molecule has 0 bridgehead atoms. The second kappa shape index (κ2) is 6.00. The molecule has 3 nitrogen and oxygen atoms in total. The standard InChI is InChI=1S/C15H22BrN3S/c1-15(2,3)19-8-6-18(7-9-19)13-5-4-11(14(17)20)10-12(13)16/h4-5,10H,6-9H2,1-3H3,(H2,17,20). The zero-order valence-electron chi connectivity index (χ0n) is 12.3. The van der Waals surface area contributed by atoms with Gasteiger partial charge in [-0.1, -0.05) is 12.2 Å². The minimum absolute atomic E-state index is 0.249. The summed E-state index contributed by atoms with van der Waals surface area (Å²) in [5, 5.41) is 0. The number of hydrogen-bond acceptors (Lipinski definition) is 3. The van der Waals surface area contributed by atoms with Crippen molar-refractivity contribution < 1.29 is 0 Å². The maximum absolute atomic E-state index is 5.67. The molecule has 0 spiro atoms. The number of anilines is 1. The monoisotopic (exact) mass is 355 g/mol. The third-order valence-electron chi connectivity index (χ3n) is 3.80. The Balaban J connectivity index is 2.09. The third-order valence-corrected chi connectivity index (χ3v) is 4.67. The summed E-state index contributed by atoms with van der Waals surface area (Å²) >= 11 is 8.65. The van der Waals surface area contributed by atoms with Gasteiger partial charge in [-0.3, -0.25) is 4.90 Å². The van der Waals surface area contributed by atoms with E-state index in [0.29, 0.717) is 4.99 Å². The lowest BCUT2D eigenvalue weighted by Crippen LogP contribution is -2.53. The van der Waals surface area contributed by atoms with Crippen LogP contribution < -0.4 is 10.6 Å². The lowest BCUT2D eigenvalue weighted by Gasteiger charge is -2.43. The second-order valence-corrected chi connectivity index (χ2v) is 7.47. The average Bonchev–Trinajstić information content (AvgIpc) is 2.37. The summed E-state index contributed by atoms with van der Waals surface area (Å²) in [7, 11) is 0. The van der Waals surface area contributed by atoms with E-state index in [2.05, 4.69) is 52.6 Å². The molecule has 1 aromatic carbocycles. The van der Waals surface area contributed by atoms with Crippen LogP contribution in [0.2, 0.25) is 0 Å². The maximum Gasteiger partial charge on any atom is 0.104 e. The summed E-state index contributed by atoms with van der Waals surface area (Å²) in [5.74, 6) is 0. The number of nitrogens with zero attached hydrogens (tertiary/aromatic N) is 2. The molecule has 20 heavy (non-hydrogen) atoms. The van der Waals surface area contributed by atoms with Crippen LogP contribution in [0.4, 0.5) is 5.69 Å². The highest BCUT2D eigenvalue weighted by Crippen LogP contribution is 2.29. The second-order valence-electron chi connectivity index (χ2n) is 6.18. The van der Waals surface area contributed by atoms with Crippen molar-refractivity contribution in [3.05, 3.63) is 28.2 Å². The Morgan fingerprint density at radius 1 is 1.20 bits per heavy atom. The van der Waals surface area contributed by atoms with E-state index in [1.807, 2.05) is 12.1 Å².